The third kappa shape index (κ3) is 5.65. The quantitative estimate of drug-likeness (QED) is 0.681. The number of hydrogen-bond acceptors (Lipinski definition) is 6. The topological polar surface area (TPSA) is 89.6 Å². The van der Waals surface area contributed by atoms with E-state index in [1.54, 1.807) is 0 Å². The van der Waals surface area contributed by atoms with Crippen molar-refractivity contribution < 1.29 is 17.9 Å². The monoisotopic (exact) mass is 411 g/mol. The highest BCUT2D eigenvalue weighted by Crippen LogP contribution is 2.39. The molecule has 1 saturated heterocycles. The summed E-state index contributed by atoms with van der Waals surface area (Å²) in [5.41, 5.74) is 2.49. The van der Waals surface area contributed by atoms with Gasteiger partial charge in [-0.2, -0.15) is 0 Å². The fourth-order valence-corrected chi connectivity index (χ4v) is 5.24. The Labute approximate surface area is 168 Å². The lowest BCUT2D eigenvalue weighted by Crippen LogP contribution is -2.46. The largest absolute Gasteiger partial charge is 0.478 e. The lowest BCUT2D eigenvalue weighted by Gasteiger charge is -2.31. The van der Waals surface area contributed by atoms with Gasteiger partial charge in [-0.3, -0.25) is 0 Å². The first-order valence-electron chi connectivity index (χ1n) is 10.3. The molecule has 0 amide bonds. The number of nitrogens with one attached hydrogen (secondary N) is 2. The second-order valence-corrected chi connectivity index (χ2v) is 9.71. The van der Waals surface area contributed by atoms with Crippen molar-refractivity contribution in [2.24, 2.45) is 0 Å². The molecule has 0 radical (unpaired) electrons. The molecule has 2 fully saturated rings. The van der Waals surface area contributed by atoms with Crippen LogP contribution in [-0.2, 0) is 14.8 Å². The third-order valence-electron chi connectivity index (χ3n) is 5.76. The maximum absolute atomic E-state index is 11.5. The van der Waals surface area contributed by atoms with Gasteiger partial charge in [0.2, 0.25) is 15.9 Å². The molecule has 1 aliphatic heterocycles. The van der Waals surface area contributed by atoms with Gasteiger partial charge in [0.25, 0.3) is 0 Å². The van der Waals surface area contributed by atoms with Crippen LogP contribution in [0.25, 0.3) is 0 Å². The molecule has 1 aromatic rings. The number of ether oxygens (including phenoxy) is 2. The van der Waals surface area contributed by atoms with Gasteiger partial charge in [0, 0.05) is 23.8 Å². The normalized spacial score (nSPS) is 28.4. The minimum Gasteiger partial charge on any atom is -0.478 e. The first-order chi connectivity index (χ1) is 13.4. The summed E-state index contributed by atoms with van der Waals surface area (Å²) in [4.78, 5) is 4.43. The van der Waals surface area contributed by atoms with Gasteiger partial charge >= 0.3 is 0 Å². The predicted octanol–water partition coefficient (Wildman–Crippen LogP) is 2.11. The number of hydrogen-bond donors (Lipinski definition) is 2. The lowest BCUT2D eigenvalue weighted by molar-refractivity contribution is 0.0124. The Morgan fingerprint density at radius 1 is 1.25 bits per heavy atom. The molecular formula is C20H33N3O4S. The average Bonchev–Trinajstić information content (AvgIpc) is 3.06. The number of sulfonamides is 1. The van der Waals surface area contributed by atoms with Crippen LogP contribution in [-0.4, -0.2) is 57.6 Å². The van der Waals surface area contributed by atoms with E-state index in [1.807, 2.05) is 13.1 Å². The van der Waals surface area contributed by atoms with Crippen LogP contribution in [0.5, 0.6) is 5.88 Å². The summed E-state index contributed by atoms with van der Waals surface area (Å²) in [5, 5.41) is 3.36. The minimum atomic E-state index is -3.20. The summed E-state index contributed by atoms with van der Waals surface area (Å²) in [7, 11) is -3.20. The number of aryl methyl sites for hydroxylation is 1. The van der Waals surface area contributed by atoms with Crippen molar-refractivity contribution >= 4 is 10.0 Å². The van der Waals surface area contributed by atoms with Gasteiger partial charge in [-0.25, -0.2) is 18.1 Å². The predicted molar refractivity (Wildman–Crippen MR) is 109 cm³/mol. The van der Waals surface area contributed by atoms with Crippen LogP contribution in [0.4, 0.5) is 0 Å². The molecular weight excluding hydrogens is 378 g/mol. The van der Waals surface area contributed by atoms with Crippen molar-refractivity contribution in [1.29, 1.82) is 0 Å². The molecule has 2 heterocycles. The number of nitrogens with zero attached hydrogens (tertiary/aromatic N) is 1. The fraction of sp³-hybridized carbons (Fsp3) is 0.750. The highest BCUT2D eigenvalue weighted by molar-refractivity contribution is 7.88. The molecule has 1 saturated carbocycles. The van der Waals surface area contributed by atoms with E-state index < -0.39 is 10.0 Å². The first kappa shape index (κ1) is 21.5. The lowest BCUT2D eigenvalue weighted by atomic mass is 9.81. The highest BCUT2D eigenvalue weighted by Gasteiger charge is 2.31. The van der Waals surface area contributed by atoms with Crippen molar-refractivity contribution in [1.82, 2.24) is 15.0 Å². The Bertz CT molecular complexity index is 748. The third-order valence-corrected chi connectivity index (χ3v) is 6.49. The second kappa shape index (κ2) is 9.52. The van der Waals surface area contributed by atoms with E-state index in [1.165, 1.54) is 17.4 Å². The van der Waals surface area contributed by atoms with Crippen LogP contribution < -0.4 is 14.8 Å². The van der Waals surface area contributed by atoms with E-state index in [-0.39, 0.29) is 18.2 Å². The van der Waals surface area contributed by atoms with Gasteiger partial charge in [0.1, 0.15) is 0 Å². The highest BCUT2D eigenvalue weighted by atomic mass is 32.2. The summed E-state index contributed by atoms with van der Waals surface area (Å²) in [6, 6.07) is 2.01. The van der Waals surface area contributed by atoms with Gasteiger partial charge in [0.05, 0.1) is 25.6 Å². The molecule has 2 N–H and O–H groups in total. The van der Waals surface area contributed by atoms with Crippen molar-refractivity contribution in [2.45, 2.75) is 70.1 Å². The molecule has 158 valence electrons. The van der Waals surface area contributed by atoms with E-state index in [0.717, 1.165) is 44.5 Å². The molecule has 7 nitrogen and oxygen atoms in total. The van der Waals surface area contributed by atoms with Gasteiger partial charge < -0.3 is 14.8 Å². The first-order valence-corrected chi connectivity index (χ1v) is 12.2. The molecule has 1 aliphatic carbocycles. The molecule has 1 aromatic heterocycles. The zero-order chi connectivity index (χ0) is 20.1. The Hall–Kier alpha value is -1.22. The molecule has 0 spiro atoms. The smallest absolute Gasteiger partial charge is 0.217 e. The molecule has 0 unspecified atom stereocenters. The molecule has 2 atom stereocenters. The summed E-state index contributed by atoms with van der Waals surface area (Å²) in [5.74, 6) is 1.23. The van der Waals surface area contributed by atoms with Gasteiger partial charge in [0.15, 0.2) is 0 Å². The summed E-state index contributed by atoms with van der Waals surface area (Å²) >= 11 is 0. The van der Waals surface area contributed by atoms with Gasteiger partial charge in [-0.15, -0.1) is 0 Å². The Morgan fingerprint density at radius 2 is 2.00 bits per heavy atom. The molecule has 0 aromatic carbocycles. The number of rotatable bonds is 8. The summed E-state index contributed by atoms with van der Waals surface area (Å²) in [6.45, 7) is 6.09. The van der Waals surface area contributed by atoms with E-state index in [9.17, 15) is 8.42 Å². The van der Waals surface area contributed by atoms with Crippen LogP contribution in [0.2, 0.25) is 0 Å². The molecule has 28 heavy (non-hydrogen) atoms. The van der Waals surface area contributed by atoms with Gasteiger partial charge in [-0.1, -0.05) is 0 Å². The SMILES string of the molecule is CCOc1nccc(C)c1[C@H]1CC[C@@H](OC[C@@H]2NCC[C@@H]2NS(C)(=O)=O)CC1. The zero-order valence-electron chi connectivity index (χ0n) is 17.1. The Kier molecular flexibility index (Phi) is 7.31. The second-order valence-electron chi connectivity index (χ2n) is 7.93. The van der Waals surface area contributed by atoms with Crippen LogP contribution >= 0.6 is 0 Å². The van der Waals surface area contributed by atoms with Crippen LogP contribution in [0, 0.1) is 6.92 Å². The molecule has 0 bridgehead atoms. The number of aromatic nitrogens is 1. The zero-order valence-corrected chi connectivity index (χ0v) is 17.9. The number of pyridine rings is 1. The molecule has 8 heteroatoms. The molecule has 2 aliphatic rings. The van der Waals surface area contributed by atoms with Crippen molar-refractivity contribution in [3.63, 3.8) is 0 Å². The molecule has 3 rings (SSSR count). The Balaban J connectivity index is 1.51. The van der Waals surface area contributed by atoms with E-state index in [2.05, 4.69) is 28.0 Å². The standard InChI is InChI=1S/C20H33N3O4S/c1-4-26-20-19(14(2)9-11-22-20)15-5-7-16(8-6-15)27-13-18-17(10-12-21-18)23-28(3,24)25/h9,11,15-18,21,23H,4-8,10,12-13H2,1-3H3/t15-,16+,17-,18-/m0/s1. The minimum absolute atomic E-state index is 0.0394. The fourth-order valence-electron chi connectivity index (χ4n) is 4.41. The van der Waals surface area contributed by atoms with Crippen LogP contribution in [0.15, 0.2) is 12.3 Å². The van der Waals surface area contributed by atoms with Crippen molar-refractivity contribution in [3.8, 4) is 5.88 Å². The maximum atomic E-state index is 11.5. The summed E-state index contributed by atoms with van der Waals surface area (Å²) in [6.07, 6.45) is 8.16. The van der Waals surface area contributed by atoms with Crippen LogP contribution in [0.3, 0.4) is 0 Å². The Morgan fingerprint density at radius 3 is 2.68 bits per heavy atom. The van der Waals surface area contributed by atoms with E-state index in [4.69, 9.17) is 9.47 Å². The van der Waals surface area contributed by atoms with Crippen LogP contribution in [0.1, 0.15) is 56.1 Å². The van der Waals surface area contributed by atoms with Crippen molar-refractivity contribution in [3.05, 3.63) is 23.4 Å². The van der Waals surface area contributed by atoms with Crippen molar-refractivity contribution in [2.75, 3.05) is 26.0 Å². The van der Waals surface area contributed by atoms with E-state index in [0.29, 0.717) is 19.1 Å². The maximum Gasteiger partial charge on any atom is 0.217 e. The van der Waals surface area contributed by atoms with E-state index >= 15 is 0 Å². The summed E-state index contributed by atoms with van der Waals surface area (Å²) < 4.78 is 37.7. The van der Waals surface area contributed by atoms with Gasteiger partial charge in [-0.05, 0) is 70.0 Å². The average molecular weight is 412 g/mol.